The minimum atomic E-state index is 0.303. The molecule has 2 heteroatoms. The maximum atomic E-state index is 11.2. The second kappa shape index (κ2) is 2.19. The molecule has 0 bridgehead atoms. The Labute approximate surface area is 71.6 Å². The molecule has 2 aliphatic carbocycles. The minimum Gasteiger partial charge on any atom is -0.365 e. The van der Waals surface area contributed by atoms with E-state index in [0.29, 0.717) is 23.9 Å². The molecule has 0 aromatic rings. The first-order valence-corrected chi connectivity index (χ1v) is 4.74. The van der Waals surface area contributed by atoms with Crippen LogP contribution in [0.4, 0.5) is 0 Å². The molecule has 0 aromatic heterocycles. The van der Waals surface area contributed by atoms with E-state index in [0.717, 1.165) is 12.8 Å². The Morgan fingerprint density at radius 3 is 3.17 bits per heavy atom. The topological polar surface area (TPSA) is 29.6 Å². The smallest absolute Gasteiger partial charge is 0.155 e. The molecular weight excluding hydrogens is 152 g/mol. The van der Waals surface area contributed by atoms with Crippen molar-refractivity contribution in [3.05, 3.63) is 11.6 Å². The first-order valence-electron chi connectivity index (χ1n) is 4.74. The fraction of sp³-hybridized carbons (Fsp3) is 0.700. The highest BCUT2D eigenvalue weighted by Crippen LogP contribution is 2.46. The molecule has 3 aliphatic rings. The van der Waals surface area contributed by atoms with Gasteiger partial charge in [-0.1, -0.05) is 0 Å². The summed E-state index contributed by atoms with van der Waals surface area (Å²) in [5, 5.41) is 0. The Balaban J connectivity index is 1.94. The average molecular weight is 164 g/mol. The highest BCUT2D eigenvalue weighted by molar-refractivity contribution is 5.91. The van der Waals surface area contributed by atoms with E-state index in [-0.39, 0.29) is 0 Å². The zero-order valence-corrected chi connectivity index (χ0v) is 6.95. The minimum absolute atomic E-state index is 0.303. The first-order chi connectivity index (χ1) is 5.84. The van der Waals surface area contributed by atoms with Gasteiger partial charge in [0.25, 0.3) is 0 Å². The molecule has 0 aromatic carbocycles. The largest absolute Gasteiger partial charge is 0.365 e. The molecule has 0 N–H and O–H groups in total. The fourth-order valence-corrected chi connectivity index (χ4v) is 2.51. The molecule has 1 saturated carbocycles. The second-order valence-electron chi connectivity index (χ2n) is 4.02. The van der Waals surface area contributed by atoms with E-state index in [9.17, 15) is 4.79 Å². The number of carbonyl (C=O) groups excluding carboxylic acids is 1. The molecule has 0 amide bonds. The van der Waals surface area contributed by atoms with Crippen LogP contribution in [0.2, 0.25) is 0 Å². The van der Waals surface area contributed by atoms with Crippen molar-refractivity contribution in [2.45, 2.75) is 37.9 Å². The number of hydrogen-bond acceptors (Lipinski definition) is 2. The molecule has 12 heavy (non-hydrogen) atoms. The summed E-state index contributed by atoms with van der Waals surface area (Å²) in [7, 11) is 0. The van der Waals surface area contributed by atoms with Crippen LogP contribution in [0.3, 0.4) is 0 Å². The predicted molar refractivity (Wildman–Crippen MR) is 43.7 cm³/mol. The number of allylic oxidation sites excluding steroid dienone is 1. The lowest BCUT2D eigenvalue weighted by molar-refractivity contribution is -0.115. The molecule has 2 nitrogen and oxygen atoms in total. The van der Waals surface area contributed by atoms with Gasteiger partial charge in [0.15, 0.2) is 5.78 Å². The molecule has 2 fully saturated rings. The predicted octanol–water partition coefficient (Wildman–Crippen LogP) is 1.45. The highest BCUT2D eigenvalue weighted by Gasteiger charge is 2.48. The van der Waals surface area contributed by atoms with Gasteiger partial charge in [-0.25, -0.2) is 0 Å². The van der Waals surface area contributed by atoms with E-state index >= 15 is 0 Å². The zero-order chi connectivity index (χ0) is 8.13. The summed E-state index contributed by atoms with van der Waals surface area (Å²) in [6.07, 6.45) is 6.92. The van der Waals surface area contributed by atoms with Crippen LogP contribution in [-0.2, 0) is 9.53 Å². The molecule has 1 saturated heterocycles. The van der Waals surface area contributed by atoms with Crippen molar-refractivity contribution in [2.75, 3.05) is 0 Å². The lowest BCUT2D eigenvalue weighted by atomic mass is 9.77. The van der Waals surface area contributed by atoms with Crippen molar-refractivity contribution in [3.8, 4) is 0 Å². The van der Waals surface area contributed by atoms with Crippen LogP contribution in [0.1, 0.15) is 25.7 Å². The third-order valence-electron chi connectivity index (χ3n) is 3.25. The normalized spacial score (nSPS) is 44.5. The molecule has 3 atom stereocenters. The van der Waals surface area contributed by atoms with Crippen LogP contribution >= 0.6 is 0 Å². The van der Waals surface area contributed by atoms with Crippen LogP contribution in [0, 0.1) is 5.92 Å². The Bertz CT molecular complexity index is 267. The quantitative estimate of drug-likeness (QED) is 0.507. The van der Waals surface area contributed by atoms with Gasteiger partial charge in [-0.2, -0.15) is 0 Å². The van der Waals surface area contributed by atoms with Crippen molar-refractivity contribution >= 4 is 5.78 Å². The van der Waals surface area contributed by atoms with Crippen LogP contribution in [0.15, 0.2) is 11.6 Å². The van der Waals surface area contributed by atoms with Crippen LogP contribution in [-0.4, -0.2) is 18.0 Å². The monoisotopic (exact) mass is 164 g/mol. The van der Waals surface area contributed by atoms with Crippen molar-refractivity contribution < 1.29 is 9.53 Å². The first kappa shape index (κ1) is 6.84. The molecule has 1 aliphatic heterocycles. The Morgan fingerprint density at radius 1 is 1.33 bits per heavy atom. The van der Waals surface area contributed by atoms with Gasteiger partial charge in [0.05, 0.1) is 6.10 Å². The zero-order valence-electron chi connectivity index (χ0n) is 6.95. The van der Waals surface area contributed by atoms with Gasteiger partial charge in [0.2, 0.25) is 0 Å². The average Bonchev–Trinajstić information content (AvgIpc) is 2.82. The van der Waals surface area contributed by atoms with E-state index in [1.54, 1.807) is 0 Å². The molecule has 0 radical (unpaired) electrons. The van der Waals surface area contributed by atoms with Crippen molar-refractivity contribution in [1.82, 2.24) is 0 Å². The molecule has 1 heterocycles. The number of hydrogen-bond donors (Lipinski definition) is 0. The van der Waals surface area contributed by atoms with E-state index in [1.165, 1.54) is 18.4 Å². The SMILES string of the molecule is O=C1C=C2[C@H](CC1)CC[C@@H]1O[C@H]21. The molecule has 3 rings (SSSR count). The van der Waals surface area contributed by atoms with Crippen molar-refractivity contribution in [1.29, 1.82) is 0 Å². The summed E-state index contributed by atoms with van der Waals surface area (Å²) in [6, 6.07) is 0. The van der Waals surface area contributed by atoms with E-state index < -0.39 is 0 Å². The number of ketones is 1. The maximum Gasteiger partial charge on any atom is 0.155 e. The number of ether oxygens (including phenoxy) is 1. The van der Waals surface area contributed by atoms with Crippen LogP contribution < -0.4 is 0 Å². The molecule has 64 valence electrons. The Kier molecular flexibility index (Phi) is 1.25. The van der Waals surface area contributed by atoms with E-state index in [4.69, 9.17) is 4.74 Å². The third-order valence-corrected chi connectivity index (χ3v) is 3.25. The summed E-state index contributed by atoms with van der Waals surface area (Å²) < 4.78 is 5.48. The van der Waals surface area contributed by atoms with Gasteiger partial charge >= 0.3 is 0 Å². The van der Waals surface area contributed by atoms with Gasteiger partial charge in [-0.15, -0.1) is 0 Å². The Hall–Kier alpha value is -0.630. The third kappa shape index (κ3) is 0.876. The number of rotatable bonds is 0. The highest BCUT2D eigenvalue weighted by atomic mass is 16.6. The van der Waals surface area contributed by atoms with Crippen LogP contribution in [0.25, 0.3) is 0 Å². The molecule has 0 spiro atoms. The van der Waals surface area contributed by atoms with E-state index in [1.807, 2.05) is 6.08 Å². The van der Waals surface area contributed by atoms with Crippen LogP contribution in [0.5, 0.6) is 0 Å². The number of carbonyl (C=O) groups is 1. The molecule has 0 unspecified atom stereocenters. The lowest BCUT2D eigenvalue weighted by Gasteiger charge is -2.25. The summed E-state index contributed by atoms with van der Waals surface area (Å²) in [4.78, 5) is 11.2. The maximum absolute atomic E-state index is 11.2. The standard InChI is InChI=1S/C10H12O2/c11-7-3-1-6-2-4-9-10(12-9)8(6)5-7/h5-6,9-10H,1-4H2/t6-,9+,10-/m1/s1. The van der Waals surface area contributed by atoms with Gasteiger partial charge in [-0.3, -0.25) is 4.79 Å². The summed E-state index contributed by atoms with van der Waals surface area (Å²) in [6.45, 7) is 0. The fourth-order valence-electron chi connectivity index (χ4n) is 2.51. The summed E-state index contributed by atoms with van der Waals surface area (Å²) >= 11 is 0. The van der Waals surface area contributed by atoms with Crippen molar-refractivity contribution in [3.63, 3.8) is 0 Å². The number of epoxide rings is 1. The molecular formula is C10H12O2. The second-order valence-corrected chi connectivity index (χ2v) is 4.02. The van der Waals surface area contributed by atoms with Gasteiger partial charge in [0, 0.05) is 6.42 Å². The van der Waals surface area contributed by atoms with Crippen molar-refractivity contribution in [2.24, 2.45) is 5.92 Å². The van der Waals surface area contributed by atoms with Gasteiger partial charge < -0.3 is 4.74 Å². The lowest BCUT2D eigenvalue weighted by Crippen LogP contribution is -2.22. The van der Waals surface area contributed by atoms with Gasteiger partial charge in [-0.05, 0) is 36.8 Å². The van der Waals surface area contributed by atoms with Gasteiger partial charge in [0.1, 0.15) is 6.10 Å². The Morgan fingerprint density at radius 2 is 2.25 bits per heavy atom. The van der Waals surface area contributed by atoms with E-state index in [2.05, 4.69) is 0 Å². The summed E-state index contributed by atoms with van der Waals surface area (Å²) in [5.74, 6) is 0.976. The summed E-state index contributed by atoms with van der Waals surface area (Å²) in [5.41, 5.74) is 1.31. The number of fused-ring (bicyclic) bond motifs is 3.